The second kappa shape index (κ2) is 10.7. The van der Waals surface area contributed by atoms with Gasteiger partial charge in [0.25, 0.3) is 0 Å². The van der Waals surface area contributed by atoms with E-state index >= 15 is 0 Å². The van der Waals surface area contributed by atoms with E-state index < -0.39 is 30.5 Å². The Morgan fingerprint density at radius 3 is 2.53 bits per heavy atom. The number of methoxy groups -OCH3 is 1. The van der Waals surface area contributed by atoms with Gasteiger partial charge in [-0.05, 0) is 38.2 Å². The van der Waals surface area contributed by atoms with Gasteiger partial charge in [0.05, 0.1) is 32.1 Å². The Morgan fingerprint density at radius 1 is 1.19 bits per heavy atom. The molecule has 12 nitrogen and oxygen atoms in total. The predicted molar refractivity (Wildman–Crippen MR) is 133 cm³/mol. The number of hydrogen-bond donors (Lipinski definition) is 3. The van der Waals surface area contributed by atoms with E-state index in [0.29, 0.717) is 23.4 Å². The molecule has 36 heavy (non-hydrogen) atoms. The summed E-state index contributed by atoms with van der Waals surface area (Å²) in [5.74, 6) is 1.08. The van der Waals surface area contributed by atoms with Gasteiger partial charge in [-0.25, -0.2) is 15.0 Å². The van der Waals surface area contributed by atoms with Crippen molar-refractivity contribution in [3.63, 3.8) is 0 Å². The van der Waals surface area contributed by atoms with E-state index in [1.807, 2.05) is 62.3 Å². The van der Waals surface area contributed by atoms with E-state index in [-0.39, 0.29) is 12.5 Å². The predicted octanol–water partition coefficient (Wildman–Crippen LogP) is -0.191. The zero-order chi connectivity index (χ0) is 26.0. The standard InChI is InChI=1S/C24H33N7O5/c1-29(2)16(10-14-6-8-15(35-5)9-7-14)23(34)28-18-17(11-32)36-24(20(18)33)31-13-27-19-21(30(3)4)25-12-26-22(19)31/h6-9,12-13,16-18,20,24,32-33H,10-11H2,1-5H3,(H,28,34). The van der Waals surface area contributed by atoms with Gasteiger partial charge in [-0.2, -0.15) is 0 Å². The number of amides is 1. The third kappa shape index (κ3) is 4.98. The number of likely N-dealkylation sites (N-methyl/N-ethyl adjacent to an activating group) is 1. The summed E-state index contributed by atoms with van der Waals surface area (Å²) in [5, 5.41) is 24.1. The van der Waals surface area contributed by atoms with E-state index in [1.54, 1.807) is 11.7 Å². The summed E-state index contributed by atoms with van der Waals surface area (Å²) in [6.45, 7) is -0.381. The highest BCUT2D eigenvalue weighted by Crippen LogP contribution is 2.32. The maximum Gasteiger partial charge on any atom is 0.238 e. The minimum absolute atomic E-state index is 0.282. The van der Waals surface area contributed by atoms with Crippen molar-refractivity contribution in [2.24, 2.45) is 0 Å². The van der Waals surface area contributed by atoms with Crippen LogP contribution in [0.25, 0.3) is 11.2 Å². The van der Waals surface area contributed by atoms with Gasteiger partial charge in [-0.15, -0.1) is 0 Å². The van der Waals surface area contributed by atoms with Crippen LogP contribution in [-0.4, -0.2) is 107 Å². The number of nitrogens with zero attached hydrogens (tertiary/aromatic N) is 6. The smallest absolute Gasteiger partial charge is 0.238 e. The number of rotatable bonds is 9. The molecule has 0 aliphatic carbocycles. The number of benzene rings is 1. The van der Waals surface area contributed by atoms with Crippen LogP contribution in [0.2, 0.25) is 0 Å². The number of fused-ring (bicyclic) bond motifs is 1. The summed E-state index contributed by atoms with van der Waals surface area (Å²) in [6.07, 6.45) is 0.527. The van der Waals surface area contributed by atoms with Gasteiger partial charge in [-0.1, -0.05) is 12.1 Å². The molecular formula is C24H33N7O5. The Labute approximate surface area is 209 Å². The lowest BCUT2D eigenvalue weighted by molar-refractivity contribution is -0.127. The maximum atomic E-state index is 13.3. The Kier molecular flexibility index (Phi) is 7.69. The lowest BCUT2D eigenvalue weighted by Crippen LogP contribution is -2.54. The van der Waals surface area contributed by atoms with Crippen LogP contribution in [0.3, 0.4) is 0 Å². The first-order chi connectivity index (χ1) is 17.2. The molecule has 2 aromatic heterocycles. The first-order valence-corrected chi connectivity index (χ1v) is 11.6. The number of imidazole rings is 1. The van der Waals surface area contributed by atoms with E-state index in [4.69, 9.17) is 9.47 Å². The monoisotopic (exact) mass is 499 g/mol. The van der Waals surface area contributed by atoms with Crippen LogP contribution < -0.4 is 15.0 Å². The van der Waals surface area contributed by atoms with E-state index in [2.05, 4.69) is 20.3 Å². The maximum absolute atomic E-state index is 13.3. The molecular weight excluding hydrogens is 466 g/mol. The Hall–Kier alpha value is -3.32. The van der Waals surface area contributed by atoms with Crippen LogP contribution in [0.5, 0.6) is 5.75 Å². The number of carbonyl (C=O) groups excluding carboxylic acids is 1. The fourth-order valence-electron chi connectivity index (χ4n) is 4.41. The van der Waals surface area contributed by atoms with Gasteiger partial charge in [-0.3, -0.25) is 14.3 Å². The number of aliphatic hydroxyl groups excluding tert-OH is 2. The number of hydrogen-bond acceptors (Lipinski definition) is 10. The molecule has 0 radical (unpaired) electrons. The molecule has 5 atom stereocenters. The number of ether oxygens (including phenoxy) is 2. The SMILES string of the molecule is COc1ccc(CC(C(=O)NC2C(CO)OC(n3cnc4c(N(C)C)ncnc43)C2O)N(C)C)cc1. The summed E-state index contributed by atoms with van der Waals surface area (Å²) >= 11 is 0. The molecule has 1 amide bonds. The number of carbonyl (C=O) groups is 1. The van der Waals surface area contributed by atoms with Crippen molar-refractivity contribution in [1.29, 1.82) is 0 Å². The molecule has 4 rings (SSSR count). The van der Waals surface area contributed by atoms with Gasteiger partial charge >= 0.3 is 0 Å². The summed E-state index contributed by atoms with van der Waals surface area (Å²) < 4.78 is 12.8. The van der Waals surface area contributed by atoms with Crippen molar-refractivity contribution in [3.8, 4) is 5.75 Å². The summed E-state index contributed by atoms with van der Waals surface area (Å²) in [5.41, 5.74) is 2.00. The highest BCUT2D eigenvalue weighted by Gasteiger charge is 2.46. The van der Waals surface area contributed by atoms with Gasteiger partial charge in [0.1, 0.15) is 24.3 Å². The third-order valence-electron chi connectivity index (χ3n) is 6.42. The van der Waals surface area contributed by atoms with Crippen molar-refractivity contribution in [2.75, 3.05) is 46.8 Å². The van der Waals surface area contributed by atoms with E-state index in [1.165, 1.54) is 12.7 Å². The highest BCUT2D eigenvalue weighted by atomic mass is 16.5. The molecule has 194 valence electrons. The molecule has 1 aromatic carbocycles. The van der Waals surface area contributed by atoms with Crippen molar-refractivity contribution >= 4 is 22.9 Å². The topological polar surface area (TPSA) is 138 Å². The second-order valence-electron chi connectivity index (χ2n) is 9.22. The van der Waals surface area contributed by atoms with Crippen LogP contribution in [0.15, 0.2) is 36.9 Å². The fraction of sp³-hybridized carbons (Fsp3) is 0.500. The largest absolute Gasteiger partial charge is 0.497 e. The van der Waals surface area contributed by atoms with Crippen LogP contribution in [0.4, 0.5) is 5.82 Å². The summed E-state index contributed by atoms with van der Waals surface area (Å²) in [4.78, 5) is 29.9. The molecule has 1 aliphatic heterocycles. The minimum atomic E-state index is -1.15. The first-order valence-electron chi connectivity index (χ1n) is 11.6. The summed E-state index contributed by atoms with van der Waals surface area (Å²) in [7, 11) is 8.94. The molecule has 3 N–H and O–H groups in total. The lowest BCUT2D eigenvalue weighted by Gasteiger charge is -2.27. The lowest BCUT2D eigenvalue weighted by atomic mass is 10.0. The average Bonchev–Trinajstić information content (AvgIpc) is 3.43. The zero-order valence-electron chi connectivity index (χ0n) is 21.1. The van der Waals surface area contributed by atoms with Gasteiger partial charge < -0.3 is 29.9 Å². The Bertz CT molecular complexity index is 1180. The van der Waals surface area contributed by atoms with Crippen LogP contribution in [0, 0.1) is 0 Å². The van der Waals surface area contributed by atoms with Gasteiger partial charge in [0.2, 0.25) is 5.91 Å². The molecule has 3 heterocycles. The van der Waals surface area contributed by atoms with Gasteiger partial charge in [0, 0.05) is 14.1 Å². The fourth-order valence-corrected chi connectivity index (χ4v) is 4.41. The molecule has 12 heteroatoms. The van der Waals surface area contributed by atoms with Crippen molar-refractivity contribution in [2.45, 2.75) is 36.9 Å². The quantitative estimate of drug-likeness (QED) is 0.363. The van der Waals surface area contributed by atoms with E-state index in [9.17, 15) is 15.0 Å². The zero-order valence-corrected chi connectivity index (χ0v) is 21.1. The molecule has 1 aliphatic rings. The number of aliphatic hydroxyl groups is 2. The van der Waals surface area contributed by atoms with E-state index in [0.717, 1.165) is 11.3 Å². The number of aromatic nitrogens is 4. The number of anilines is 1. The summed E-state index contributed by atoms with van der Waals surface area (Å²) in [6, 6.07) is 6.18. The molecule has 1 saturated heterocycles. The van der Waals surface area contributed by atoms with Crippen molar-refractivity contribution in [1.82, 2.24) is 29.7 Å². The minimum Gasteiger partial charge on any atom is -0.497 e. The van der Waals surface area contributed by atoms with Crippen LogP contribution >= 0.6 is 0 Å². The van der Waals surface area contributed by atoms with Crippen LogP contribution in [-0.2, 0) is 16.0 Å². The van der Waals surface area contributed by atoms with Gasteiger partial charge in [0.15, 0.2) is 23.2 Å². The molecule has 1 fully saturated rings. The molecule has 0 spiro atoms. The molecule has 0 saturated carbocycles. The van der Waals surface area contributed by atoms with Crippen LogP contribution in [0.1, 0.15) is 11.8 Å². The highest BCUT2D eigenvalue weighted by molar-refractivity contribution is 5.83. The molecule has 5 unspecified atom stereocenters. The van der Waals surface area contributed by atoms with Crippen molar-refractivity contribution < 1.29 is 24.5 Å². The number of nitrogens with one attached hydrogen (secondary N) is 1. The third-order valence-corrected chi connectivity index (χ3v) is 6.42. The Balaban J connectivity index is 1.54. The first kappa shape index (κ1) is 25.8. The molecule has 0 bridgehead atoms. The second-order valence-corrected chi connectivity index (χ2v) is 9.22. The van der Waals surface area contributed by atoms with Crippen molar-refractivity contribution in [3.05, 3.63) is 42.5 Å². The Morgan fingerprint density at radius 2 is 1.92 bits per heavy atom. The average molecular weight is 500 g/mol. The normalized spacial score (nSPS) is 22.7. The molecule has 3 aromatic rings.